The minimum atomic E-state index is -0.216. The highest BCUT2D eigenvalue weighted by Gasteiger charge is 2.33. The molecule has 0 atom stereocenters. The first-order valence-electron chi connectivity index (χ1n) is 9.15. The topological polar surface area (TPSA) is 50.3 Å². The highest BCUT2D eigenvalue weighted by atomic mass is 32.2. The van der Waals surface area contributed by atoms with E-state index in [1.54, 1.807) is 18.0 Å². The number of imide groups is 1. The molecular weight excluding hydrogens is 356 g/mol. The molecule has 1 aromatic heterocycles. The summed E-state index contributed by atoms with van der Waals surface area (Å²) in [5.74, 6) is 0.579. The lowest BCUT2D eigenvalue weighted by molar-refractivity contribution is 0.0612. The van der Waals surface area contributed by atoms with Gasteiger partial charge in [-0.2, -0.15) is 0 Å². The number of benzene rings is 2. The molecule has 0 fully saturated rings. The van der Waals surface area contributed by atoms with E-state index in [1.807, 2.05) is 48.5 Å². The molecule has 2 heterocycles. The maximum absolute atomic E-state index is 13.0. The number of hydrogen-bond acceptors (Lipinski definition) is 4. The zero-order chi connectivity index (χ0) is 18.8. The van der Waals surface area contributed by atoms with Crippen molar-refractivity contribution in [2.75, 3.05) is 12.3 Å². The van der Waals surface area contributed by atoms with Crippen LogP contribution < -0.4 is 0 Å². The summed E-state index contributed by atoms with van der Waals surface area (Å²) in [5.41, 5.74) is 2.09. The number of rotatable bonds is 6. The van der Waals surface area contributed by atoms with E-state index in [-0.39, 0.29) is 11.8 Å². The van der Waals surface area contributed by atoms with Crippen molar-refractivity contribution in [2.45, 2.75) is 24.7 Å². The van der Waals surface area contributed by atoms with Gasteiger partial charge < -0.3 is 0 Å². The Morgan fingerprint density at radius 2 is 1.78 bits per heavy atom. The van der Waals surface area contributed by atoms with Gasteiger partial charge in [0.1, 0.15) is 0 Å². The van der Waals surface area contributed by atoms with E-state index in [4.69, 9.17) is 0 Å². The van der Waals surface area contributed by atoms with E-state index in [0.29, 0.717) is 24.1 Å². The van der Waals surface area contributed by atoms with Crippen LogP contribution in [0.15, 0.2) is 59.6 Å². The molecule has 4 rings (SSSR count). The molecule has 27 heavy (non-hydrogen) atoms. The van der Waals surface area contributed by atoms with Crippen LogP contribution in [0.2, 0.25) is 0 Å². The van der Waals surface area contributed by atoms with Crippen molar-refractivity contribution in [1.82, 2.24) is 9.88 Å². The fourth-order valence-corrected chi connectivity index (χ4v) is 4.35. The molecule has 136 valence electrons. The maximum atomic E-state index is 13.0. The summed E-state index contributed by atoms with van der Waals surface area (Å²) in [7, 11) is 0. The number of nitrogens with zero attached hydrogens (tertiary/aromatic N) is 2. The van der Waals surface area contributed by atoms with Gasteiger partial charge in [0.15, 0.2) is 0 Å². The van der Waals surface area contributed by atoms with Crippen molar-refractivity contribution in [2.24, 2.45) is 0 Å². The first-order chi connectivity index (χ1) is 13.2. The van der Waals surface area contributed by atoms with Crippen molar-refractivity contribution in [3.63, 3.8) is 0 Å². The van der Waals surface area contributed by atoms with Crippen molar-refractivity contribution in [1.29, 1.82) is 0 Å². The lowest BCUT2D eigenvalue weighted by Crippen LogP contribution is -2.41. The van der Waals surface area contributed by atoms with Crippen molar-refractivity contribution in [3.8, 4) is 0 Å². The number of thioether (sulfide) groups is 1. The number of carbonyl (C=O) groups is 2. The Balaban J connectivity index is 1.70. The second kappa shape index (κ2) is 7.53. The molecule has 5 heteroatoms. The number of hydrogen-bond donors (Lipinski definition) is 0. The lowest BCUT2D eigenvalue weighted by atomic mass is 9.94. The Hall–Kier alpha value is -2.66. The number of aromatic nitrogens is 1. The molecule has 3 aromatic rings. The number of pyridine rings is 1. The number of carbonyl (C=O) groups excluding carboxylic acids is 2. The van der Waals surface area contributed by atoms with Crippen molar-refractivity contribution < 1.29 is 9.59 Å². The minimum Gasteiger partial charge on any atom is -0.274 e. The van der Waals surface area contributed by atoms with Gasteiger partial charge in [-0.15, -0.1) is 11.8 Å². The van der Waals surface area contributed by atoms with E-state index in [0.717, 1.165) is 33.5 Å². The minimum absolute atomic E-state index is 0.216. The maximum Gasteiger partial charge on any atom is 0.261 e. The quantitative estimate of drug-likeness (QED) is 0.467. The average Bonchev–Trinajstić information content (AvgIpc) is 2.71. The standard InChI is InChI=1S/C22H20N2O2S/c1-2-14-27-19-10-9-18-20-16(19)7-5-8-17(20)21(25)24(22(18)26)13-11-15-6-3-4-12-23-15/h3-10,12H,2,11,13-14H2,1H3. The van der Waals surface area contributed by atoms with Gasteiger partial charge in [0, 0.05) is 46.3 Å². The van der Waals surface area contributed by atoms with Gasteiger partial charge in [0.2, 0.25) is 0 Å². The van der Waals surface area contributed by atoms with Gasteiger partial charge in [-0.1, -0.05) is 25.1 Å². The summed E-state index contributed by atoms with van der Waals surface area (Å²) in [5, 5.41) is 1.79. The van der Waals surface area contributed by atoms with E-state index in [2.05, 4.69) is 11.9 Å². The Bertz CT molecular complexity index is 995. The van der Waals surface area contributed by atoms with Crippen LogP contribution in [0.5, 0.6) is 0 Å². The molecule has 2 aromatic carbocycles. The van der Waals surface area contributed by atoms with Gasteiger partial charge in [-0.05, 0) is 47.9 Å². The van der Waals surface area contributed by atoms with E-state index in [9.17, 15) is 9.59 Å². The van der Waals surface area contributed by atoms with Gasteiger partial charge in [-0.3, -0.25) is 19.5 Å². The Morgan fingerprint density at radius 3 is 2.52 bits per heavy atom. The SMILES string of the molecule is CCCSc1ccc2c3c(cccc13)C(=O)N(CCc1ccccn1)C2=O. The third kappa shape index (κ3) is 3.23. The van der Waals surface area contributed by atoms with E-state index >= 15 is 0 Å². The molecule has 0 bridgehead atoms. The Morgan fingerprint density at radius 1 is 0.963 bits per heavy atom. The molecule has 1 aliphatic heterocycles. The summed E-state index contributed by atoms with van der Waals surface area (Å²) in [6.45, 7) is 2.47. The fraction of sp³-hybridized carbons (Fsp3) is 0.227. The van der Waals surface area contributed by atoms with Crippen molar-refractivity contribution in [3.05, 3.63) is 71.5 Å². The second-order valence-corrected chi connectivity index (χ2v) is 7.66. The molecule has 0 radical (unpaired) electrons. The van der Waals surface area contributed by atoms with Crippen LogP contribution in [0.25, 0.3) is 10.8 Å². The van der Waals surface area contributed by atoms with Gasteiger partial charge in [-0.25, -0.2) is 0 Å². The van der Waals surface area contributed by atoms with Gasteiger partial charge in [0.05, 0.1) is 0 Å². The molecule has 2 amide bonds. The fourth-order valence-electron chi connectivity index (χ4n) is 3.43. The summed E-state index contributed by atoms with van der Waals surface area (Å²) < 4.78 is 0. The molecule has 0 aliphatic carbocycles. The van der Waals surface area contributed by atoms with Crippen LogP contribution in [0.3, 0.4) is 0 Å². The van der Waals surface area contributed by atoms with Crippen LogP contribution in [0.1, 0.15) is 39.8 Å². The van der Waals surface area contributed by atoms with E-state index in [1.165, 1.54) is 4.90 Å². The molecule has 0 saturated carbocycles. The van der Waals surface area contributed by atoms with Gasteiger partial charge >= 0.3 is 0 Å². The molecular formula is C22H20N2O2S. The average molecular weight is 376 g/mol. The summed E-state index contributed by atoms with van der Waals surface area (Å²) in [6.07, 6.45) is 3.35. The highest BCUT2D eigenvalue weighted by Crippen LogP contribution is 2.36. The highest BCUT2D eigenvalue weighted by molar-refractivity contribution is 7.99. The third-order valence-corrected chi connectivity index (χ3v) is 6.01. The third-order valence-electron chi connectivity index (χ3n) is 4.73. The smallest absolute Gasteiger partial charge is 0.261 e. The van der Waals surface area contributed by atoms with Crippen LogP contribution in [0, 0.1) is 0 Å². The normalized spacial score (nSPS) is 13.4. The van der Waals surface area contributed by atoms with Crippen LogP contribution in [-0.4, -0.2) is 34.0 Å². The molecule has 0 unspecified atom stereocenters. The predicted molar refractivity (Wildman–Crippen MR) is 108 cm³/mol. The van der Waals surface area contributed by atoms with Crippen LogP contribution >= 0.6 is 11.8 Å². The zero-order valence-electron chi connectivity index (χ0n) is 15.1. The predicted octanol–water partition coefficient (Wildman–Crippen LogP) is 4.58. The zero-order valence-corrected chi connectivity index (χ0v) is 16.0. The second-order valence-electron chi connectivity index (χ2n) is 6.52. The van der Waals surface area contributed by atoms with Crippen LogP contribution in [-0.2, 0) is 6.42 Å². The van der Waals surface area contributed by atoms with Crippen molar-refractivity contribution >= 4 is 34.3 Å². The largest absolute Gasteiger partial charge is 0.274 e. The summed E-state index contributed by atoms with van der Waals surface area (Å²) in [6, 6.07) is 15.3. The number of amides is 2. The molecule has 4 nitrogen and oxygen atoms in total. The summed E-state index contributed by atoms with van der Waals surface area (Å²) in [4.78, 5) is 32.8. The Labute approximate surface area is 162 Å². The molecule has 0 N–H and O–H groups in total. The monoisotopic (exact) mass is 376 g/mol. The first-order valence-corrected chi connectivity index (χ1v) is 10.1. The Kier molecular flexibility index (Phi) is 4.94. The van der Waals surface area contributed by atoms with Crippen LogP contribution in [0.4, 0.5) is 0 Å². The molecule has 1 aliphatic rings. The molecule has 0 saturated heterocycles. The summed E-state index contributed by atoms with van der Waals surface area (Å²) >= 11 is 1.77. The molecule has 0 spiro atoms. The lowest BCUT2D eigenvalue weighted by Gasteiger charge is -2.27. The van der Waals surface area contributed by atoms with E-state index < -0.39 is 0 Å². The first kappa shape index (κ1) is 17.7. The van der Waals surface area contributed by atoms with Gasteiger partial charge in [0.25, 0.3) is 11.8 Å².